The molecule has 0 saturated heterocycles. The standard InChI is InChI=1S/C14H18ClN3O2S2/c1-3-18(4-2)13-7-5-11(9-16-13)10-17-22(19,20)14-8-6-12(15)21-14/h5-9,17H,3-4,10H2,1-2H3. The number of thiophene rings is 1. The topological polar surface area (TPSA) is 62.3 Å². The molecule has 0 saturated carbocycles. The van der Waals surface area contributed by atoms with Gasteiger partial charge in [-0.05, 0) is 37.6 Å². The van der Waals surface area contributed by atoms with Crippen molar-refractivity contribution in [3.63, 3.8) is 0 Å². The summed E-state index contributed by atoms with van der Waals surface area (Å²) in [6.07, 6.45) is 1.69. The zero-order valence-corrected chi connectivity index (χ0v) is 14.8. The molecule has 2 heterocycles. The van der Waals surface area contributed by atoms with Crippen molar-refractivity contribution >= 4 is 38.8 Å². The van der Waals surface area contributed by atoms with Gasteiger partial charge in [0, 0.05) is 25.8 Å². The van der Waals surface area contributed by atoms with Crippen LogP contribution in [0.25, 0.3) is 0 Å². The van der Waals surface area contributed by atoms with E-state index in [2.05, 4.69) is 28.5 Å². The van der Waals surface area contributed by atoms with Crippen molar-refractivity contribution in [1.29, 1.82) is 0 Å². The van der Waals surface area contributed by atoms with Crippen LogP contribution in [0, 0.1) is 0 Å². The minimum Gasteiger partial charge on any atom is -0.357 e. The second-order valence-corrected chi connectivity index (χ2v) is 8.29. The fourth-order valence-corrected chi connectivity index (χ4v) is 4.49. The molecule has 0 bridgehead atoms. The highest BCUT2D eigenvalue weighted by Crippen LogP contribution is 2.25. The summed E-state index contributed by atoms with van der Waals surface area (Å²) in [6, 6.07) is 6.85. The van der Waals surface area contributed by atoms with Crippen molar-refractivity contribution in [1.82, 2.24) is 9.71 Å². The van der Waals surface area contributed by atoms with Gasteiger partial charge in [0.1, 0.15) is 10.0 Å². The summed E-state index contributed by atoms with van der Waals surface area (Å²) in [4.78, 5) is 6.50. The van der Waals surface area contributed by atoms with Crippen LogP contribution >= 0.6 is 22.9 Å². The molecule has 0 radical (unpaired) electrons. The van der Waals surface area contributed by atoms with E-state index >= 15 is 0 Å². The second-order valence-electron chi connectivity index (χ2n) is 4.58. The van der Waals surface area contributed by atoms with E-state index < -0.39 is 10.0 Å². The Hall–Kier alpha value is -1.15. The zero-order chi connectivity index (χ0) is 16.2. The zero-order valence-electron chi connectivity index (χ0n) is 12.4. The summed E-state index contributed by atoms with van der Waals surface area (Å²) in [5.41, 5.74) is 0.808. The lowest BCUT2D eigenvalue weighted by atomic mass is 10.3. The third-order valence-electron chi connectivity index (χ3n) is 3.18. The summed E-state index contributed by atoms with van der Waals surface area (Å²) in [5, 5.41) is 0. The van der Waals surface area contributed by atoms with Crippen LogP contribution in [0.4, 0.5) is 5.82 Å². The molecule has 120 valence electrons. The molecule has 22 heavy (non-hydrogen) atoms. The predicted octanol–water partition coefficient (Wildman–Crippen LogP) is 3.12. The minimum atomic E-state index is -3.53. The molecular weight excluding hydrogens is 342 g/mol. The predicted molar refractivity (Wildman–Crippen MR) is 91.2 cm³/mol. The van der Waals surface area contributed by atoms with E-state index in [0.29, 0.717) is 4.34 Å². The van der Waals surface area contributed by atoms with E-state index in [9.17, 15) is 8.42 Å². The highest BCUT2D eigenvalue weighted by atomic mass is 35.5. The quantitative estimate of drug-likeness (QED) is 0.825. The fraction of sp³-hybridized carbons (Fsp3) is 0.357. The molecule has 2 aromatic rings. The number of aromatic nitrogens is 1. The maximum atomic E-state index is 12.1. The van der Waals surface area contributed by atoms with Crippen molar-refractivity contribution in [2.24, 2.45) is 0 Å². The molecule has 0 unspecified atom stereocenters. The highest BCUT2D eigenvalue weighted by Gasteiger charge is 2.16. The summed E-state index contributed by atoms with van der Waals surface area (Å²) >= 11 is 6.80. The van der Waals surface area contributed by atoms with Gasteiger partial charge in [-0.3, -0.25) is 0 Å². The molecule has 5 nitrogen and oxygen atoms in total. The Kier molecular flexibility index (Phi) is 5.80. The van der Waals surface area contributed by atoms with Gasteiger partial charge >= 0.3 is 0 Å². The number of nitrogens with zero attached hydrogens (tertiary/aromatic N) is 2. The van der Waals surface area contributed by atoms with Gasteiger partial charge in [-0.15, -0.1) is 11.3 Å². The summed E-state index contributed by atoms with van der Waals surface area (Å²) < 4.78 is 27.4. The van der Waals surface area contributed by atoms with E-state index in [1.54, 1.807) is 12.3 Å². The number of pyridine rings is 1. The number of hydrogen-bond donors (Lipinski definition) is 1. The van der Waals surface area contributed by atoms with Crippen LogP contribution < -0.4 is 9.62 Å². The second kappa shape index (κ2) is 7.41. The average Bonchev–Trinajstić information content (AvgIpc) is 2.95. The van der Waals surface area contributed by atoms with Gasteiger partial charge in [-0.25, -0.2) is 18.1 Å². The largest absolute Gasteiger partial charge is 0.357 e. The lowest BCUT2D eigenvalue weighted by Crippen LogP contribution is -2.24. The van der Waals surface area contributed by atoms with Gasteiger partial charge in [0.05, 0.1) is 4.34 Å². The molecule has 0 spiro atoms. The number of hydrogen-bond acceptors (Lipinski definition) is 5. The first-order valence-electron chi connectivity index (χ1n) is 6.91. The van der Waals surface area contributed by atoms with Crippen molar-refractivity contribution in [3.8, 4) is 0 Å². The Bertz CT molecular complexity index is 710. The maximum Gasteiger partial charge on any atom is 0.250 e. The van der Waals surface area contributed by atoms with E-state index in [1.165, 1.54) is 6.07 Å². The van der Waals surface area contributed by atoms with Gasteiger partial charge in [-0.1, -0.05) is 17.7 Å². The van der Waals surface area contributed by atoms with Gasteiger partial charge in [0.15, 0.2) is 0 Å². The van der Waals surface area contributed by atoms with Crippen LogP contribution in [-0.2, 0) is 16.6 Å². The van der Waals surface area contributed by atoms with Crippen molar-refractivity contribution in [2.45, 2.75) is 24.6 Å². The fourth-order valence-electron chi connectivity index (χ4n) is 1.95. The van der Waals surface area contributed by atoms with E-state index in [1.807, 2.05) is 12.1 Å². The summed E-state index contributed by atoms with van der Waals surface area (Å²) in [5.74, 6) is 0.890. The van der Waals surface area contributed by atoms with Crippen LogP contribution in [0.2, 0.25) is 4.34 Å². The molecule has 0 amide bonds. The first-order valence-corrected chi connectivity index (χ1v) is 9.59. The number of rotatable bonds is 7. The van der Waals surface area contributed by atoms with Gasteiger partial charge < -0.3 is 4.90 Å². The van der Waals surface area contributed by atoms with E-state index in [-0.39, 0.29) is 10.8 Å². The normalized spacial score (nSPS) is 11.6. The molecule has 8 heteroatoms. The monoisotopic (exact) mass is 359 g/mol. The van der Waals surface area contributed by atoms with Crippen LogP contribution in [0.5, 0.6) is 0 Å². The lowest BCUT2D eigenvalue weighted by molar-refractivity contribution is 0.583. The van der Waals surface area contributed by atoms with Crippen LogP contribution in [0.15, 0.2) is 34.7 Å². The van der Waals surface area contributed by atoms with Crippen LogP contribution in [-0.4, -0.2) is 26.5 Å². The Balaban J connectivity index is 2.03. The first-order chi connectivity index (χ1) is 10.5. The maximum absolute atomic E-state index is 12.1. The molecule has 0 aliphatic rings. The lowest BCUT2D eigenvalue weighted by Gasteiger charge is -2.19. The molecule has 0 fully saturated rings. The Morgan fingerprint density at radius 1 is 1.23 bits per heavy atom. The Morgan fingerprint density at radius 3 is 2.45 bits per heavy atom. The SMILES string of the molecule is CCN(CC)c1ccc(CNS(=O)(=O)c2ccc(Cl)s2)cn1. The van der Waals surface area contributed by atoms with Gasteiger partial charge in [0.25, 0.3) is 0 Å². The average molecular weight is 360 g/mol. The highest BCUT2D eigenvalue weighted by molar-refractivity contribution is 7.91. The summed E-state index contributed by atoms with van der Waals surface area (Å²) in [6.45, 7) is 6.10. The van der Waals surface area contributed by atoms with Crippen LogP contribution in [0.1, 0.15) is 19.4 Å². The summed E-state index contributed by atoms with van der Waals surface area (Å²) in [7, 11) is -3.53. The third-order valence-corrected chi connectivity index (χ3v) is 6.30. The molecule has 0 atom stereocenters. The molecule has 0 aromatic carbocycles. The smallest absolute Gasteiger partial charge is 0.250 e. The van der Waals surface area contributed by atoms with Crippen LogP contribution in [0.3, 0.4) is 0 Å². The first kappa shape index (κ1) is 17.2. The molecular formula is C14H18ClN3O2S2. The number of halogens is 1. The van der Waals surface area contributed by atoms with E-state index in [0.717, 1.165) is 35.8 Å². The minimum absolute atomic E-state index is 0.198. The van der Waals surface area contributed by atoms with Gasteiger partial charge in [0.2, 0.25) is 10.0 Å². The third kappa shape index (κ3) is 4.19. The number of sulfonamides is 1. The number of nitrogens with one attached hydrogen (secondary N) is 1. The Labute approximate surface area is 140 Å². The molecule has 1 N–H and O–H groups in total. The number of anilines is 1. The van der Waals surface area contributed by atoms with E-state index in [4.69, 9.17) is 11.6 Å². The Morgan fingerprint density at radius 2 is 1.95 bits per heavy atom. The molecule has 0 aliphatic carbocycles. The molecule has 2 aromatic heterocycles. The molecule has 0 aliphatic heterocycles. The van der Waals surface area contributed by atoms with Gasteiger partial charge in [-0.2, -0.15) is 0 Å². The van der Waals surface area contributed by atoms with Crippen molar-refractivity contribution in [2.75, 3.05) is 18.0 Å². The molecule has 2 rings (SSSR count). The van der Waals surface area contributed by atoms with Crippen molar-refractivity contribution < 1.29 is 8.42 Å². The van der Waals surface area contributed by atoms with Crippen molar-refractivity contribution in [3.05, 3.63) is 40.4 Å².